The Morgan fingerprint density at radius 1 is 1.24 bits per heavy atom. The molecule has 0 saturated carbocycles. The van der Waals surface area contributed by atoms with Gasteiger partial charge >= 0.3 is 5.97 Å². The van der Waals surface area contributed by atoms with Crippen LogP contribution in [0.2, 0.25) is 0 Å². The molecule has 17 heavy (non-hydrogen) atoms. The zero-order valence-electron chi connectivity index (χ0n) is 9.73. The molecule has 0 bridgehead atoms. The fraction of sp³-hybridized carbons (Fsp3) is 0.357. The summed E-state index contributed by atoms with van der Waals surface area (Å²) in [6, 6.07) is 8.18. The third kappa shape index (κ3) is 3.43. The smallest absolute Gasteiger partial charge is 0.328 e. The Morgan fingerprint density at radius 3 is 2.47 bits per heavy atom. The van der Waals surface area contributed by atoms with Crippen LogP contribution in [0.15, 0.2) is 30.3 Å². The molecule has 1 aliphatic rings. The van der Waals surface area contributed by atoms with Gasteiger partial charge in [0.25, 0.3) is 0 Å². The molecular weight excluding hydrogens is 214 g/mol. The van der Waals surface area contributed by atoms with Crippen LogP contribution in [-0.4, -0.2) is 24.2 Å². The van der Waals surface area contributed by atoms with Gasteiger partial charge in [-0.05, 0) is 49.1 Å². The Kier molecular flexibility index (Phi) is 3.94. The molecular formula is C14H17NO2. The van der Waals surface area contributed by atoms with Gasteiger partial charge in [-0.1, -0.05) is 24.3 Å². The fourth-order valence-corrected chi connectivity index (χ4v) is 2.20. The van der Waals surface area contributed by atoms with Crippen molar-refractivity contribution in [2.24, 2.45) is 0 Å². The van der Waals surface area contributed by atoms with Crippen LogP contribution < -0.4 is 5.32 Å². The Bertz CT molecular complexity index is 403. The third-order valence-electron chi connectivity index (χ3n) is 3.17. The first-order valence-corrected chi connectivity index (χ1v) is 5.97. The molecule has 2 N–H and O–H groups in total. The maximum Gasteiger partial charge on any atom is 0.328 e. The molecule has 0 atom stereocenters. The zero-order valence-corrected chi connectivity index (χ0v) is 9.73. The summed E-state index contributed by atoms with van der Waals surface area (Å²) in [5, 5.41) is 11.9. The lowest BCUT2D eigenvalue weighted by Gasteiger charge is -2.22. The van der Waals surface area contributed by atoms with Crippen molar-refractivity contribution >= 4 is 12.0 Å². The second-order valence-corrected chi connectivity index (χ2v) is 4.36. The number of nitrogens with one attached hydrogen (secondary N) is 1. The number of hydrogen-bond acceptors (Lipinski definition) is 2. The number of carboxylic acid groups (broad SMARTS) is 1. The highest BCUT2D eigenvalue weighted by molar-refractivity contribution is 5.85. The van der Waals surface area contributed by atoms with Crippen LogP contribution in [0, 0.1) is 0 Å². The third-order valence-corrected chi connectivity index (χ3v) is 3.17. The number of carbonyl (C=O) groups is 1. The molecule has 90 valence electrons. The van der Waals surface area contributed by atoms with E-state index < -0.39 is 5.97 Å². The Balaban J connectivity index is 2.04. The number of hydrogen-bond donors (Lipinski definition) is 2. The van der Waals surface area contributed by atoms with Gasteiger partial charge < -0.3 is 10.4 Å². The number of benzene rings is 1. The summed E-state index contributed by atoms with van der Waals surface area (Å²) < 4.78 is 0. The van der Waals surface area contributed by atoms with E-state index in [-0.39, 0.29) is 0 Å². The first-order valence-electron chi connectivity index (χ1n) is 5.97. The number of aliphatic carboxylic acids is 1. The predicted octanol–water partition coefficient (Wildman–Crippen LogP) is 2.25. The summed E-state index contributed by atoms with van der Waals surface area (Å²) in [6.07, 6.45) is 5.16. The van der Waals surface area contributed by atoms with E-state index in [0.29, 0.717) is 5.92 Å². The van der Waals surface area contributed by atoms with Crippen LogP contribution >= 0.6 is 0 Å². The molecule has 0 spiro atoms. The molecule has 3 heteroatoms. The molecule has 1 aromatic carbocycles. The van der Waals surface area contributed by atoms with Crippen molar-refractivity contribution in [1.29, 1.82) is 0 Å². The SMILES string of the molecule is O=C(O)/C=C/c1ccc(C2CCNCC2)cc1. The van der Waals surface area contributed by atoms with Gasteiger partial charge in [0.05, 0.1) is 0 Å². The summed E-state index contributed by atoms with van der Waals surface area (Å²) in [7, 11) is 0. The molecule has 0 amide bonds. The number of rotatable bonds is 3. The van der Waals surface area contributed by atoms with Crippen molar-refractivity contribution < 1.29 is 9.90 Å². The normalized spacial score (nSPS) is 17.4. The summed E-state index contributed by atoms with van der Waals surface area (Å²) in [5.41, 5.74) is 2.30. The molecule has 0 radical (unpaired) electrons. The summed E-state index contributed by atoms with van der Waals surface area (Å²) in [6.45, 7) is 2.18. The lowest BCUT2D eigenvalue weighted by molar-refractivity contribution is -0.131. The molecule has 1 fully saturated rings. The van der Waals surface area contributed by atoms with Gasteiger partial charge in [0.2, 0.25) is 0 Å². The Hall–Kier alpha value is -1.61. The lowest BCUT2D eigenvalue weighted by atomic mass is 9.90. The van der Waals surface area contributed by atoms with E-state index in [2.05, 4.69) is 17.4 Å². The first kappa shape index (κ1) is 11.9. The Morgan fingerprint density at radius 2 is 1.88 bits per heavy atom. The highest BCUT2D eigenvalue weighted by Crippen LogP contribution is 2.25. The summed E-state index contributed by atoms with van der Waals surface area (Å²) in [4.78, 5) is 10.4. The summed E-state index contributed by atoms with van der Waals surface area (Å²) in [5.74, 6) is -0.263. The zero-order chi connectivity index (χ0) is 12.1. The summed E-state index contributed by atoms with van der Waals surface area (Å²) >= 11 is 0. The second-order valence-electron chi connectivity index (χ2n) is 4.36. The molecule has 3 nitrogen and oxygen atoms in total. The van der Waals surface area contributed by atoms with E-state index in [1.807, 2.05) is 12.1 Å². The molecule has 1 heterocycles. The van der Waals surface area contributed by atoms with Crippen molar-refractivity contribution in [3.8, 4) is 0 Å². The van der Waals surface area contributed by atoms with Gasteiger partial charge in [0.1, 0.15) is 0 Å². The van der Waals surface area contributed by atoms with E-state index in [1.165, 1.54) is 24.5 Å². The van der Waals surface area contributed by atoms with E-state index in [9.17, 15) is 4.79 Å². The van der Waals surface area contributed by atoms with Gasteiger partial charge in [0, 0.05) is 6.08 Å². The molecule has 0 unspecified atom stereocenters. The number of piperidine rings is 1. The van der Waals surface area contributed by atoms with Crippen molar-refractivity contribution in [2.75, 3.05) is 13.1 Å². The van der Waals surface area contributed by atoms with Gasteiger partial charge in [0.15, 0.2) is 0 Å². The molecule has 1 aromatic rings. The second kappa shape index (κ2) is 5.64. The predicted molar refractivity (Wildman–Crippen MR) is 68.0 cm³/mol. The standard InChI is InChI=1S/C14H17NO2/c16-14(17)6-3-11-1-4-12(5-2-11)13-7-9-15-10-8-13/h1-6,13,15H,7-10H2,(H,16,17)/b6-3+. The average molecular weight is 231 g/mol. The van der Waals surface area contributed by atoms with Crippen molar-refractivity contribution in [2.45, 2.75) is 18.8 Å². The van der Waals surface area contributed by atoms with Crippen LogP contribution in [0.4, 0.5) is 0 Å². The van der Waals surface area contributed by atoms with Crippen LogP contribution in [0.1, 0.15) is 29.9 Å². The minimum Gasteiger partial charge on any atom is -0.478 e. The fourth-order valence-electron chi connectivity index (χ4n) is 2.20. The van der Waals surface area contributed by atoms with E-state index in [4.69, 9.17) is 5.11 Å². The van der Waals surface area contributed by atoms with Crippen LogP contribution in [0.25, 0.3) is 6.08 Å². The van der Waals surface area contributed by atoms with Crippen molar-refractivity contribution in [3.63, 3.8) is 0 Å². The first-order chi connectivity index (χ1) is 8.25. The van der Waals surface area contributed by atoms with E-state index in [0.717, 1.165) is 18.7 Å². The highest BCUT2D eigenvalue weighted by Gasteiger charge is 2.14. The van der Waals surface area contributed by atoms with Gasteiger partial charge in [-0.25, -0.2) is 4.79 Å². The molecule has 1 saturated heterocycles. The van der Waals surface area contributed by atoms with Crippen LogP contribution in [0.3, 0.4) is 0 Å². The minimum atomic E-state index is -0.910. The van der Waals surface area contributed by atoms with Crippen LogP contribution in [0.5, 0.6) is 0 Å². The van der Waals surface area contributed by atoms with Gasteiger partial charge in [-0.3, -0.25) is 0 Å². The number of carboxylic acids is 1. The maximum absolute atomic E-state index is 10.4. The molecule has 0 aliphatic carbocycles. The van der Waals surface area contributed by atoms with Crippen LogP contribution in [-0.2, 0) is 4.79 Å². The topological polar surface area (TPSA) is 49.3 Å². The van der Waals surface area contributed by atoms with Crippen molar-refractivity contribution in [3.05, 3.63) is 41.5 Å². The van der Waals surface area contributed by atoms with Gasteiger partial charge in [-0.15, -0.1) is 0 Å². The van der Waals surface area contributed by atoms with Crippen molar-refractivity contribution in [1.82, 2.24) is 5.32 Å². The molecule has 0 aromatic heterocycles. The maximum atomic E-state index is 10.4. The largest absolute Gasteiger partial charge is 0.478 e. The monoisotopic (exact) mass is 231 g/mol. The Labute approximate surface area is 101 Å². The average Bonchev–Trinajstić information content (AvgIpc) is 2.38. The van der Waals surface area contributed by atoms with E-state index >= 15 is 0 Å². The molecule has 2 rings (SSSR count). The molecule has 1 aliphatic heterocycles. The van der Waals surface area contributed by atoms with E-state index in [1.54, 1.807) is 6.08 Å². The quantitative estimate of drug-likeness (QED) is 0.784. The van der Waals surface area contributed by atoms with Gasteiger partial charge in [-0.2, -0.15) is 0 Å². The highest BCUT2D eigenvalue weighted by atomic mass is 16.4. The lowest BCUT2D eigenvalue weighted by Crippen LogP contribution is -2.26. The minimum absolute atomic E-state index is 0.647.